The lowest BCUT2D eigenvalue weighted by Gasteiger charge is -2.16. The quantitative estimate of drug-likeness (QED) is 0.134. The first-order valence-corrected chi connectivity index (χ1v) is 11.8. The van der Waals surface area contributed by atoms with E-state index in [9.17, 15) is 0 Å². The molecule has 0 saturated carbocycles. The lowest BCUT2D eigenvalue weighted by molar-refractivity contribution is -0.643. The van der Waals surface area contributed by atoms with Gasteiger partial charge in [-0.15, -0.1) is 0 Å². The Morgan fingerprint density at radius 2 is 1.36 bits per heavy atom. The van der Waals surface area contributed by atoms with E-state index in [1.807, 2.05) is 0 Å². The molecule has 0 fully saturated rings. The number of aryl methyl sites for hydroxylation is 4. The highest BCUT2D eigenvalue weighted by Crippen LogP contribution is 2.44. The minimum Gasteiger partial charge on any atom is -0.307 e. The third-order valence-electron chi connectivity index (χ3n) is 8.41. The fourth-order valence-electron chi connectivity index (χ4n) is 6.41. The molecule has 160 valence electrons. The van der Waals surface area contributed by atoms with Crippen LogP contribution in [0.15, 0.2) is 54.7 Å². The summed E-state index contributed by atoms with van der Waals surface area (Å²) in [6.45, 7) is 11.5. The molecule has 0 N–H and O–H groups in total. The van der Waals surface area contributed by atoms with Crippen molar-refractivity contribution < 1.29 is 4.57 Å². The van der Waals surface area contributed by atoms with Crippen LogP contribution in [0, 0.1) is 34.6 Å². The van der Waals surface area contributed by atoms with Crippen molar-refractivity contribution in [3.8, 4) is 0 Å². The van der Waals surface area contributed by atoms with Crippen LogP contribution >= 0.6 is 0 Å². The van der Waals surface area contributed by atoms with Crippen molar-refractivity contribution >= 4 is 59.8 Å². The van der Waals surface area contributed by atoms with Crippen molar-refractivity contribution in [2.45, 2.75) is 34.6 Å². The molecular weight excluding hydrogens is 400 g/mol. The lowest BCUT2D eigenvalue weighted by Crippen LogP contribution is -2.28. The van der Waals surface area contributed by atoms with Crippen LogP contribution in [0.25, 0.3) is 59.8 Å². The first-order chi connectivity index (χ1) is 15.9. The van der Waals surface area contributed by atoms with Crippen molar-refractivity contribution in [1.82, 2.24) is 4.40 Å². The normalized spacial score (nSPS) is 12.5. The number of nitrogens with zero attached hydrogens (tertiary/aromatic N) is 2. The SMILES string of the molecule is Cc1c(C)c(C)c2c(c1C)c1ccc3cc[n+](C)c4c5c(C)c6ccccc6cc5n2c1c34. The standard InChI is InChI=1S/C31H27N2/c1-16-17(2)19(4)29-26(18(16)3)24-12-11-21-13-14-32(6)31-27-20(5)23-10-8-7-9-22(23)15-25(27)33(29)30(24)28(21)31/h7-15H,1-6H3/q+1. The zero-order chi connectivity index (χ0) is 22.8. The Morgan fingerprint density at radius 1 is 0.606 bits per heavy atom. The molecule has 4 aromatic carbocycles. The highest BCUT2D eigenvalue weighted by molar-refractivity contribution is 6.29. The Labute approximate surface area is 193 Å². The van der Waals surface area contributed by atoms with Crippen molar-refractivity contribution in [3.05, 3.63) is 82.5 Å². The molecule has 7 rings (SSSR count). The average Bonchev–Trinajstić information content (AvgIpc) is 3.18. The zero-order valence-corrected chi connectivity index (χ0v) is 20.1. The van der Waals surface area contributed by atoms with E-state index in [2.05, 4.69) is 105 Å². The number of benzene rings is 4. The topological polar surface area (TPSA) is 8.29 Å². The van der Waals surface area contributed by atoms with Gasteiger partial charge in [0.15, 0.2) is 6.20 Å². The second kappa shape index (κ2) is 6.02. The summed E-state index contributed by atoms with van der Waals surface area (Å²) in [5, 5.41) is 9.44. The number of aromatic nitrogens is 2. The number of fused-ring (bicyclic) bond motifs is 7. The molecule has 0 bridgehead atoms. The maximum absolute atomic E-state index is 2.59. The van der Waals surface area contributed by atoms with Crippen LogP contribution < -0.4 is 4.57 Å². The highest BCUT2D eigenvalue weighted by Gasteiger charge is 2.26. The molecule has 0 aliphatic rings. The van der Waals surface area contributed by atoms with Crippen molar-refractivity contribution in [1.29, 1.82) is 0 Å². The molecule has 3 aromatic heterocycles. The van der Waals surface area contributed by atoms with E-state index >= 15 is 0 Å². The highest BCUT2D eigenvalue weighted by atomic mass is 15.0. The van der Waals surface area contributed by atoms with Gasteiger partial charge in [0.05, 0.1) is 27.3 Å². The fourth-order valence-corrected chi connectivity index (χ4v) is 6.41. The Balaban J connectivity index is 1.99. The number of hydrogen-bond acceptors (Lipinski definition) is 0. The molecular formula is C31H27N2+. The third kappa shape index (κ3) is 2.08. The van der Waals surface area contributed by atoms with E-state index in [1.54, 1.807) is 0 Å². The minimum absolute atomic E-state index is 1.30. The van der Waals surface area contributed by atoms with Crippen LogP contribution in [0.1, 0.15) is 27.8 Å². The summed E-state index contributed by atoms with van der Waals surface area (Å²) in [6.07, 6.45) is 2.21. The van der Waals surface area contributed by atoms with Gasteiger partial charge in [-0.3, -0.25) is 0 Å². The van der Waals surface area contributed by atoms with Gasteiger partial charge in [0.1, 0.15) is 7.05 Å². The summed E-state index contributed by atoms with van der Waals surface area (Å²) >= 11 is 0. The molecule has 0 amide bonds. The second-order valence-corrected chi connectivity index (χ2v) is 9.88. The Morgan fingerprint density at radius 3 is 2.18 bits per heavy atom. The molecule has 0 aliphatic heterocycles. The number of hydrogen-bond donors (Lipinski definition) is 0. The largest absolute Gasteiger partial charge is 0.307 e. The summed E-state index contributed by atoms with van der Waals surface area (Å²) in [4.78, 5) is 0. The summed E-state index contributed by atoms with van der Waals surface area (Å²) in [5.41, 5.74) is 12.3. The zero-order valence-electron chi connectivity index (χ0n) is 20.1. The van der Waals surface area contributed by atoms with Crippen LogP contribution in [0.2, 0.25) is 0 Å². The van der Waals surface area contributed by atoms with Gasteiger partial charge in [0.2, 0.25) is 5.52 Å². The van der Waals surface area contributed by atoms with Crippen LogP contribution in [-0.2, 0) is 7.05 Å². The Kier molecular flexibility index (Phi) is 3.44. The monoisotopic (exact) mass is 427 g/mol. The molecule has 2 nitrogen and oxygen atoms in total. The number of rotatable bonds is 0. The van der Waals surface area contributed by atoms with Crippen molar-refractivity contribution in [3.63, 3.8) is 0 Å². The van der Waals surface area contributed by atoms with Gasteiger partial charge >= 0.3 is 0 Å². The Bertz CT molecular complexity index is 1970. The van der Waals surface area contributed by atoms with Crippen LogP contribution in [0.3, 0.4) is 0 Å². The van der Waals surface area contributed by atoms with Gasteiger partial charge < -0.3 is 4.40 Å². The first kappa shape index (κ1) is 18.9. The molecule has 2 heteroatoms. The maximum Gasteiger partial charge on any atom is 0.224 e. The van der Waals surface area contributed by atoms with Gasteiger partial charge in [-0.25, -0.2) is 4.57 Å². The molecule has 33 heavy (non-hydrogen) atoms. The first-order valence-electron chi connectivity index (χ1n) is 11.8. The van der Waals surface area contributed by atoms with Gasteiger partial charge in [0, 0.05) is 16.8 Å². The van der Waals surface area contributed by atoms with Crippen LogP contribution in [0.4, 0.5) is 0 Å². The van der Waals surface area contributed by atoms with Gasteiger partial charge in [-0.05, 0) is 84.7 Å². The van der Waals surface area contributed by atoms with Crippen molar-refractivity contribution in [2.24, 2.45) is 7.05 Å². The predicted molar refractivity (Wildman–Crippen MR) is 141 cm³/mol. The van der Waals surface area contributed by atoms with E-state index in [-0.39, 0.29) is 0 Å². The third-order valence-corrected chi connectivity index (χ3v) is 8.41. The molecule has 0 aliphatic carbocycles. The molecule has 3 heterocycles. The van der Waals surface area contributed by atoms with E-state index in [1.165, 1.54) is 87.6 Å². The van der Waals surface area contributed by atoms with E-state index < -0.39 is 0 Å². The van der Waals surface area contributed by atoms with E-state index in [4.69, 9.17) is 0 Å². The van der Waals surface area contributed by atoms with Crippen LogP contribution in [0.5, 0.6) is 0 Å². The smallest absolute Gasteiger partial charge is 0.224 e. The lowest BCUT2D eigenvalue weighted by atomic mass is 9.94. The summed E-state index contributed by atoms with van der Waals surface area (Å²) < 4.78 is 4.91. The van der Waals surface area contributed by atoms with Gasteiger partial charge in [-0.1, -0.05) is 36.4 Å². The average molecular weight is 428 g/mol. The second-order valence-electron chi connectivity index (χ2n) is 9.88. The van der Waals surface area contributed by atoms with Crippen molar-refractivity contribution in [2.75, 3.05) is 0 Å². The molecule has 7 aromatic rings. The maximum atomic E-state index is 2.59. The predicted octanol–water partition coefficient (Wildman–Crippen LogP) is 7.51. The fraction of sp³-hybridized carbons (Fsp3) is 0.194. The summed E-state index contributed by atoms with van der Waals surface area (Å²) in [6, 6.07) is 18.2. The summed E-state index contributed by atoms with van der Waals surface area (Å²) in [7, 11) is 2.19. The number of pyridine rings is 2. The Hall–Kier alpha value is -3.65. The summed E-state index contributed by atoms with van der Waals surface area (Å²) in [5.74, 6) is 0. The molecule has 0 saturated heterocycles. The molecule has 0 spiro atoms. The van der Waals surface area contributed by atoms with Crippen LogP contribution in [-0.4, -0.2) is 4.40 Å². The van der Waals surface area contributed by atoms with Gasteiger partial charge in [0.25, 0.3) is 0 Å². The van der Waals surface area contributed by atoms with E-state index in [0.717, 1.165) is 0 Å². The molecule has 0 unspecified atom stereocenters. The van der Waals surface area contributed by atoms with Gasteiger partial charge in [-0.2, -0.15) is 0 Å². The molecule has 0 atom stereocenters. The minimum atomic E-state index is 1.30. The molecule has 0 radical (unpaired) electrons. The van der Waals surface area contributed by atoms with E-state index in [0.29, 0.717) is 0 Å².